The maximum absolute atomic E-state index is 3.85. The van der Waals surface area contributed by atoms with Gasteiger partial charge in [-0.15, -0.1) is 0 Å². The Hall–Kier alpha value is -1.28. The van der Waals surface area contributed by atoms with Gasteiger partial charge >= 0.3 is 0 Å². The summed E-state index contributed by atoms with van der Waals surface area (Å²) in [5.74, 6) is 0.808. The van der Waals surface area contributed by atoms with E-state index in [0.717, 1.165) is 12.5 Å². The van der Waals surface area contributed by atoms with Crippen molar-refractivity contribution in [1.29, 1.82) is 0 Å². The number of hydrogen-bond donors (Lipinski definition) is 1. The number of aromatic nitrogens is 1. The lowest BCUT2D eigenvalue weighted by Crippen LogP contribution is -2.34. The maximum Gasteiger partial charge on any atom is 0.0483 e. The average Bonchev–Trinajstić information content (AvgIpc) is 2.65. The number of rotatable bonds is 3. The van der Waals surface area contributed by atoms with Gasteiger partial charge in [0.15, 0.2) is 0 Å². The molecule has 1 saturated carbocycles. The number of nitrogens with one attached hydrogen (secondary N) is 1. The molecule has 2 unspecified atom stereocenters. The summed E-state index contributed by atoms with van der Waals surface area (Å²) in [6.07, 6.45) is 6.92. The van der Waals surface area contributed by atoms with Gasteiger partial charge in [-0.1, -0.05) is 44.4 Å². The topological polar surface area (TPSA) is 17.0 Å². The molecule has 0 aliphatic heterocycles. The average molecular weight is 284 g/mol. The van der Waals surface area contributed by atoms with Crippen LogP contribution in [0.25, 0.3) is 10.9 Å². The molecule has 2 nitrogen and oxygen atoms in total. The molecule has 1 fully saturated rings. The van der Waals surface area contributed by atoms with Crippen LogP contribution >= 0.6 is 0 Å². The first kappa shape index (κ1) is 14.6. The van der Waals surface area contributed by atoms with E-state index in [1.165, 1.54) is 54.3 Å². The molecule has 0 amide bonds. The molecule has 0 bridgehead atoms. The van der Waals surface area contributed by atoms with Gasteiger partial charge in [0.25, 0.3) is 0 Å². The van der Waals surface area contributed by atoms with Crippen LogP contribution in [0, 0.1) is 12.8 Å². The molecule has 21 heavy (non-hydrogen) atoms. The smallest absolute Gasteiger partial charge is 0.0483 e. The monoisotopic (exact) mass is 284 g/mol. The highest BCUT2D eigenvalue weighted by Gasteiger charge is 2.20. The molecular weight excluding hydrogens is 256 g/mol. The molecule has 2 heteroatoms. The van der Waals surface area contributed by atoms with Crippen LogP contribution in [0.1, 0.15) is 50.3 Å². The highest BCUT2D eigenvalue weighted by molar-refractivity contribution is 5.85. The van der Waals surface area contributed by atoms with E-state index in [2.05, 4.69) is 55.0 Å². The molecule has 1 N–H and O–H groups in total. The lowest BCUT2D eigenvalue weighted by atomic mass is 9.97. The minimum Gasteiger partial charge on any atom is -0.346 e. The van der Waals surface area contributed by atoms with Crippen molar-refractivity contribution in [1.82, 2.24) is 9.88 Å². The van der Waals surface area contributed by atoms with Crippen LogP contribution < -0.4 is 5.32 Å². The molecule has 1 aliphatic carbocycles. The first-order valence-electron chi connectivity index (χ1n) is 8.44. The Morgan fingerprint density at radius 3 is 2.71 bits per heavy atom. The minimum atomic E-state index is 0.685. The lowest BCUT2D eigenvalue weighted by molar-refractivity contribution is 0.353. The molecule has 0 spiro atoms. The van der Waals surface area contributed by atoms with Crippen molar-refractivity contribution < 1.29 is 0 Å². The summed E-state index contributed by atoms with van der Waals surface area (Å²) in [6, 6.07) is 9.42. The first-order chi connectivity index (χ1) is 10.2. The first-order valence-corrected chi connectivity index (χ1v) is 8.44. The van der Waals surface area contributed by atoms with Gasteiger partial charge in [-0.25, -0.2) is 0 Å². The van der Waals surface area contributed by atoms with E-state index in [4.69, 9.17) is 0 Å². The standard InChI is InChI=1S/C19H28N2/c1-14-9-5-4-6-11-17(14)20-13-19-15(2)16-10-7-8-12-18(16)21(19)3/h7-8,10,12,14,17,20H,4-6,9,11,13H2,1-3H3. The van der Waals surface area contributed by atoms with Gasteiger partial charge in [-0.3, -0.25) is 0 Å². The van der Waals surface area contributed by atoms with E-state index in [0.29, 0.717) is 6.04 Å². The second-order valence-electron chi connectivity index (χ2n) is 6.75. The Kier molecular flexibility index (Phi) is 4.34. The third-order valence-corrected chi connectivity index (χ3v) is 5.40. The molecule has 1 heterocycles. The number of benzene rings is 1. The zero-order valence-electron chi connectivity index (χ0n) is 13.7. The van der Waals surface area contributed by atoms with Gasteiger partial charge in [0.05, 0.1) is 0 Å². The molecule has 3 rings (SSSR count). The summed E-state index contributed by atoms with van der Waals surface area (Å²) in [7, 11) is 2.20. The van der Waals surface area contributed by atoms with Crippen molar-refractivity contribution in [3.8, 4) is 0 Å². The summed E-state index contributed by atoms with van der Waals surface area (Å²) in [6.45, 7) is 5.67. The Labute approximate surface area is 128 Å². The van der Waals surface area contributed by atoms with Gasteiger partial charge in [-0.2, -0.15) is 0 Å². The lowest BCUT2D eigenvalue weighted by Gasteiger charge is -2.23. The van der Waals surface area contributed by atoms with Crippen molar-refractivity contribution in [3.63, 3.8) is 0 Å². The van der Waals surface area contributed by atoms with Crippen LogP contribution in [0.15, 0.2) is 24.3 Å². The van der Waals surface area contributed by atoms with Crippen LogP contribution in [-0.2, 0) is 13.6 Å². The number of aryl methyl sites for hydroxylation is 2. The van der Waals surface area contributed by atoms with Gasteiger partial charge in [0.2, 0.25) is 0 Å². The highest BCUT2D eigenvalue weighted by atomic mass is 15.0. The number of nitrogens with zero attached hydrogens (tertiary/aromatic N) is 1. The predicted molar refractivity (Wildman–Crippen MR) is 90.5 cm³/mol. The van der Waals surface area contributed by atoms with Crippen molar-refractivity contribution in [2.24, 2.45) is 13.0 Å². The third kappa shape index (κ3) is 2.87. The predicted octanol–water partition coefficient (Wildman–Crippen LogP) is 4.55. The van der Waals surface area contributed by atoms with Crippen molar-refractivity contribution in [2.45, 2.75) is 58.5 Å². The molecular formula is C19H28N2. The van der Waals surface area contributed by atoms with Crippen LogP contribution in [0.3, 0.4) is 0 Å². The Morgan fingerprint density at radius 1 is 1.14 bits per heavy atom. The highest BCUT2D eigenvalue weighted by Crippen LogP contribution is 2.26. The minimum absolute atomic E-state index is 0.685. The fraction of sp³-hybridized carbons (Fsp3) is 0.579. The quantitative estimate of drug-likeness (QED) is 0.818. The molecule has 0 radical (unpaired) electrons. The van der Waals surface area contributed by atoms with Gasteiger partial charge in [-0.05, 0) is 37.3 Å². The zero-order valence-corrected chi connectivity index (χ0v) is 13.7. The summed E-state index contributed by atoms with van der Waals surface area (Å²) in [5, 5.41) is 5.24. The second-order valence-corrected chi connectivity index (χ2v) is 6.75. The van der Waals surface area contributed by atoms with Crippen molar-refractivity contribution in [3.05, 3.63) is 35.5 Å². The van der Waals surface area contributed by atoms with Gasteiger partial charge < -0.3 is 9.88 Å². The molecule has 1 aliphatic rings. The van der Waals surface area contributed by atoms with E-state index >= 15 is 0 Å². The van der Waals surface area contributed by atoms with E-state index in [1.54, 1.807) is 0 Å². The number of hydrogen-bond acceptors (Lipinski definition) is 1. The molecule has 114 valence electrons. The van der Waals surface area contributed by atoms with Crippen LogP contribution in [0.5, 0.6) is 0 Å². The summed E-state index contributed by atoms with van der Waals surface area (Å²) in [4.78, 5) is 0. The molecule has 2 atom stereocenters. The second kappa shape index (κ2) is 6.23. The summed E-state index contributed by atoms with van der Waals surface area (Å²) >= 11 is 0. The van der Waals surface area contributed by atoms with E-state index in [9.17, 15) is 0 Å². The Bertz CT molecular complexity index is 572. The van der Waals surface area contributed by atoms with Crippen LogP contribution in [-0.4, -0.2) is 10.6 Å². The van der Waals surface area contributed by atoms with Crippen LogP contribution in [0.4, 0.5) is 0 Å². The van der Waals surface area contributed by atoms with Crippen LogP contribution in [0.2, 0.25) is 0 Å². The summed E-state index contributed by atoms with van der Waals surface area (Å²) < 4.78 is 2.36. The largest absolute Gasteiger partial charge is 0.346 e. The Morgan fingerprint density at radius 2 is 1.90 bits per heavy atom. The molecule has 1 aromatic heterocycles. The summed E-state index contributed by atoms with van der Waals surface area (Å²) in [5.41, 5.74) is 4.22. The zero-order chi connectivity index (χ0) is 14.8. The van der Waals surface area contributed by atoms with Crippen molar-refractivity contribution >= 4 is 10.9 Å². The fourth-order valence-electron chi connectivity index (χ4n) is 3.91. The molecule has 0 saturated heterocycles. The van der Waals surface area contributed by atoms with Gasteiger partial charge in [0, 0.05) is 36.2 Å². The SMILES string of the molecule is Cc1c(CNC2CCCCCC2C)n(C)c2ccccc12. The Balaban J connectivity index is 1.78. The third-order valence-electron chi connectivity index (χ3n) is 5.40. The normalized spacial score (nSPS) is 23.4. The van der Waals surface area contributed by atoms with Crippen molar-refractivity contribution in [2.75, 3.05) is 0 Å². The molecule has 2 aromatic rings. The van der Waals surface area contributed by atoms with Gasteiger partial charge in [0.1, 0.15) is 0 Å². The molecule has 1 aromatic carbocycles. The van der Waals surface area contributed by atoms with E-state index in [1.807, 2.05) is 0 Å². The van der Waals surface area contributed by atoms with E-state index in [-0.39, 0.29) is 0 Å². The number of para-hydroxylation sites is 1. The van der Waals surface area contributed by atoms with E-state index < -0.39 is 0 Å². The maximum atomic E-state index is 3.85. The fourth-order valence-corrected chi connectivity index (χ4v) is 3.91. The number of fused-ring (bicyclic) bond motifs is 1.